The third kappa shape index (κ3) is 3.95. The van der Waals surface area contributed by atoms with E-state index in [4.69, 9.17) is 4.74 Å². The molecule has 0 aliphatic carbocycles. The normalized spacial score (nSPS) is 18.0. The van der Waals surface area contributed by atoms with Crippen molar-refractivity contribution in [3.05, 3.63) is 60.2 Å². The summed E-state index contributed by atoms with van der Waals surface area (Å²) in [5, 5.41) is 0. The second-order valence-corrected chi connectivity index (χ2v) is 5.96. The van der Waals surface area contributed by atoms with Crippen LogP contribution < -0.4 is 4.74 Å². The van der Waals surface area contributed by atoms with E-state index < -0.39 is 18.1 Å². The first-order valence-corrected chi connectivity index (χ1v) is 8.16. The average Bonchev–Trinajstić information content (AvgIpc) is 2.62. The first-order chi connectivity index (χ1) is 12.0. The van der Waals surface area contributed by atoms with Crippen molar-refractivity contribution in [1.82, 2.24) is 4.90 Å². The Morgan fingerprint density at radius 3 is 2.40 bits per heavy atom. The van der Waals surface area contributed by atoms with E-state index in [-0.39, 0.29) is 24.3 Å². The summed E-state index contributed by atoms with van der Waals surface area (Å²) in [6, 6.07) is 13.5. The molecule has 1 amide bonds. The molecule has 25 heavy (non-hydrogen) atoms. The van der Waals surface area contributed by atoms with Gasteiger partial charge in [-0.25, -0.2) is 0 Å². The second kappa shape index (κ2) is 7.17. The zero-order chi connectivity index (χ0) is 17.9. The molecule has 1 fully saturated rings. The molecule has 0 aromatic heterocycles. The van der Waals surface area contributed by atoms with Gasteiger partial charge in [-0.3, -0.25) is 4.79 Å². The van der Waals surface area contributed by atoms with Crippen LogP contribution in [-0.4, -0.2) is 29.6 Å². The largest absolute Gasteiger partial charge is 0.457 e. The van der Waals surface area contributed by atoms with Gasteiger partial charge in [-0.2, -0.15) is 13.2 Å². The molecule has 0 radical (unpaired) electrons. The number of piperidine rings is 1. The van der Waals surface area contributed by atoms with Crippen LogP contribution in [0.15, 0.2) is 54.6 Å². The predicted molar refractivity (Wildman–Crippen MR) is 87.7 cm³/mol. The van der Waals surface area contributed by atoms with Crippen molar-refractivity contribution >= 4 is 5.91 Å². The smallest absolute Gasteiger partial charge is 0.408 e. The van der Waals surface area contributed by atoms with Gasteiger partial charge in [-0.15, -0.1) is 0 Å². The summed E-state index contributed by atoms with van der Waals surface area (Å²) in [7, 11) is 0. The third-order valence-electron chi connectivity index (χ3n) is 4.23. The molecule has 1 heterocycles. The SMILES string of the molecule is O=C(c1ccccc1Oc1ccccc1)N1CCCCC1C(F)(F)F. The molecule has 0 saturated carbocycles. The fraction of sp³-hybridized carbons (Fsp3) is 0.316. The third-order valence-corrected chi connectivity index (χ3v) is 4.23. The van der Waals surface area contributed by atoms with Crippen LogP contribution in [0.4, 0.5) is 13.2 Å². The van der Waals surface area contributed by atoms with Crippen molar-refractivity contribution in [3.8, 4) is 11.5 Å². The minimum absolute atomic E-state index is 0.0586. The van der Waals surface area contributed by atoms with Gasteiger partial charge in [0.1, 0.15) is 17.5 Å². The van der Waals surface area contributed by atoms with Gasteiger partial charge in [0, 0.05) is 6.54 Å². The van der Waals surface area contributed by atoms with Gasteiger partial charge in [0.05, 0.1) is 5.56 Å². The lowest BCUT2D eigenvalue weighted by Gasteiger charge is -2.37. The quantitative estimate of drug-likeness (QED) is 0.777. The predicted octanol–water partition coefficient (Wildman–Crippen LogP) is 5.04. The van der Waals surface area contributed by atoms with Crippen LogP contribution in [0.1, 0.15) is 29.6 Å². The summed E-state index contributed by atoms with van der Waals surface area (Å²) < 4.78 is 45.6. The molecule has 2 aromatic rings. The fourth-order valence-electron chi connectivity index (χ4n) is 3.02. The molecule has 2 aromatic carbocycles. The second-order valence-electron chi connectivity index (χ2n) is 5.96. The van der Waals surface area contributed by atoms with Gasteiger partial charge in [-0.05, 0) is 43.5 Å². The minimum atomic E-state index is -4.43. The monoisotopic (exact) mass is 349 g/mol. The molecule has 3 nitrogen and oxygen atoms in total. The van der Waals surface area contributed by atoms with Crippen LogP contribution in [0.25, 0.3) is 0 Å². The number of hydrogen-bond acceptors (Lipinski definition) is 2. The first-order valence-electron chi connectivity index (χ1n) is 8.16. The van der Waals surface area contributed by atoms with E-state index in [1.807, 2.05) is 6.07 Å². The van der Waals surface area contributed by atoms with Crippen LogP contribution in [0.2, 0.25) is 0 Å². The van der Waals surface area contributed by atoms with E-state index in [1.54, 1.807) is 42.5 Å². The molecule has 1 saturated heterocycles. The van der Waals surface area contributed by atoms with Crippen molar-refractivity contribution < 1.29 is 22.7 Å². The molecule has 1 aliphatic heterocycles. The number of rotatable bonds is 3. The summed E-state index contributed by atoms with van der Waals surface area (Å²) in [5.41, 5.74) is 0.141. The number of para-hydroxylation sites is 2. The number of carbonyl (C=O) groups is 1. The maximum Gasteiger partial charge on any atom is 0.408 e. The molecule has 1 atom stereocenters. The first kappa shape index (κ1) is 17.3. The van der Waals surface area contributed by atoms with Gasteiger partial charge in [-0.1, -0.05) is 30.3 Å². The van der Waals surface area contributed by atoms with Crippen molar-refractivity contribution in [2.45, 2.75) is 31.5 Å². The molecule has 6 heteroatoms. The standard InChI is InChI=1S/C19H18F3NO2/c20-19(21,22)17-12-6-7-13-23(17)18(24)15-10-4-5-11-16(15)25-14-8-2-1-3-9-14/h1-5,8-11,17H,6-7,12-13H2. The fourth-order valence-corrected chi connectivity index (χ4v) is 3.02. The Morgan fingerprint density at radius 1 is 1.00 bits per heavy atom. The van der Waals surface area contributed by atoms with Crippen molar-refractivity contribution in [3.63, 3.8) is 0 Å². The van der Waals surface area contributed by atoms with Crippen LogP contribution in [0.5, 0.6) is 11.5 Å². The van der Waals surface area contributed by atoms with Gasteiger partial charge >= 0.3 is 6.18 Å². The summed E-state index contributed by atoms with van der Waals surface area (Å²) in [6.07, 6.45) is -3.45. The number of amides is 1. The van der Waals surface area contributed by atoms with E-state index >= 15 is 0 Å². The maximum absolute atomic E-state index is 13.3. The lowest BCUT2D eigenvalue weighted by Crippen LogP contribution is -2.51. The Morgan fingerprint density at radius 2 is 1.68 bits per heavy atom. The molecule has 3 rings (SSSR count). The summed E-state index contributed by atoms with van der Waals surface area (Å²) in [4.78, 5) is 13.7. The topological polar surface area (TPSA) is 29.5 Å². The van der Waals surface area contributed by atoms with Crippen LogP contribution in [0, 0.1) is 0 Å². The van der Waals surface area contributed by atoms with Crippen LogP contribution in [0.3, 0.4) is 0 Å². The number of nitrogens with zero attached hydrogens (tertiary/aromatic N) is 1. The van der Waals surface area contributed by atoms with E-state index in [9.17, 15) is 18.0 Å². The molecule has 1 aliphatic rings. The zero-order valence-electron chi connectivity index (χ0n) is 13.5. The summed E-state index contributed by atoms with van der Waals surface area (Å²) in [6.45, 7) is 0.0999. The van der Waals surface area contributed by atoms with Gasteiger partial charge < -0.3 is 9.64 Å². The molecule has 1 unspecified atom stereocenters. The van der Waals surface area contributed by atoms with Gasteiger partial charge in [0.25, 0.3) is 5.91 Å². The number of ether oxygens (including phenoxy) is 1. The van der Waals surface area contributed by atoms with Crippen LogP contribution in [-0.2, 0) is 0 Å². The Balaban J connectivity index is 1.89. The molecular weight excluding hydrogens is 331 g/mol. The molecule has 0 bridgehead atoms. The number of likely N-dealkylation sites (tertiary alicyclic amines) is 1. The number of alkyl halides is 3. The van der Waals surface area contributed by atoms with Crippen molar-refractivity contribution in [1.29, 1.82) is 0 Å². The van der Waals surface area contributed by atoms with Crippen LogP contribution >= 0.6 is 0 Å². The Hall–Kier alpha value is -2.50. The van der Waals surface area contributed by atoms with E-state index in [1.165, 1.54) is 6.07 Å². The van der Waals surface area contributed by atoms with E-state index in [2.05, 4.69) is 0 Å². The Bertz CT molecular complexity index is 731. The lowest BCUT2D eigenvalue weighted by atomic mass is 10.00. The highest BCUT2D eigenvalue weighted by atomic mass is 19.4. The number of benzene rings is 2. The zero-order valence-corrected chi connectivity index (χ0v) is 13.5. The van der Waals surface area contributed by atoms with Crippen molar-refractivity contribution in [2.75, 3.05) is 6.54 Å². The highest BCUT2D eigenvalue weighted by molar-refractivity contribution is 5.97. The minimum Gasteiger partial charge on any atom is -0.457 e. The average molecular weight is 349 g/mol. The van der Waals surface area contributed by atoms with Gasteiger partial charge in [0.2, 0.25) is 0 Å². The van der Waals surface area contributed by atoms with E-state index in [0.29, 0.717) is 18.6 Å². The number of carbonyl (C=O) groups excluding carboxylic acids is 1. The number of halogens is 3. The molecule has 0 N–H and O–H groups in total. The number of hydrogen-bond donors (Lipinski definition) is 0. The van der Waals surface area contributed by atoms with Gasteiger partial charge in [0.15, 0.2) is 0 Å². The summed E-state index contributed by atoms with van der Waals surface area (Å²) in [5.74, 6) is 0.132. The van der Waals surface area contributed by atoms with E-state index in [0.717, 1.165) is 4.90 Å². The highest BCUT2D eigenvalue weighted by Gasteiger charge is 2.46. The van der Waals surface area contributed by atoms with Crippen molar-refractivity contribution in [2.24, 2.45) is 0 Å². The molecular formula is C19H18F3NO2. The Kier molecular flexibility index (Phi) is 4.97. The Labute approximate surface area is 144 Å². The summed E-state index contributed by atoms with van der Waals surface area (Å²) >= 11 is 0. The maximum atomic E-state index is 13.3. The molecule has 0 spiro atoms. The lowest BCUT2D eigenvalue weighted by molar-refractivity contribution is -0.183. The highest BCUT2D eigenvalue weighted by Crippen LogP contribution is 2.34. The molecule has 132 valence electrons.